The van der Waals surface area contributed by atoms with E-state index in [0.717, 1.165) is 12.5 Å². The Morgan fingerprint density at radius 2 is 1.60 bits per heavy atom. The van der Waals surface area contributed by atoms with Crippen molar-refractivity contribution in [3.8, 4) is 0 Å². The number of benzene rings is 1. The summed E-state index contributed by atoms with van der Waals surface area (Å²) >= 11 is 3.27. The largest absolute Gasteiger partial charge is 0.398 e. The van der Waals surface area contributed by atoms with E-state index < -0.39 is 17.0 Å². The van der Waals surface area contributed by atoms with Crippen LogP contribution in [-0.4, -0.2) is 11.6 Å². The standard InChI is InChI=1S/C15H21BrF3N/c1-6-9-7-10(8-11(16)12(9)20)14(4,13(2,3)17)15(5,18)19/h7-8H,6,20H2,1-5H3. The van der Waals surface area contributed by atoms with E-state index in [1.807, 2.05) is 6.92 Å². The molecule has 0 saturated heterocycles. The molecule has 1 aromatic carbocycles. The molecular weight excluding hydrogens is 331 g/mol. The first-order valence-electron chi connectivity index (χ1n) is 6.51. The van der Waals surface area contributed by atoms with Crippen LogP contribution in [0.3, 0.4) is 0 Å². The highest BCUT2D eigenvalue weighted by Crippen LogP contribution is 2.50. The van der Waals surface area contributed by atoms with Crippen molar-refractivity contribution >= 4 is 21.6 Å². The average molecular weight is 352 g/mol. The smallest absolute Gasteiger partial charge is 0.257 e. The molecule has 1 unspecified atom stereocenters. The molecule has 1 nitrogen and oxygen atoms in total. The van der Waals surface area contributed by atoms with Crippen LogP contribution in [0.2, 0.25) is 0 Å². The Morgan fingerprint density at radius 1 is 1.10 bits per heavy atom. The number of anilines is 1. The molecule has 20 heavy (non-hydrogen) atoms. The van der Waals surface area contributed by atoms with Gasteiger partial charge in [0.1, 0.15) is 5.67 Å². The second kappa shape index (κ2) is 5.24. The van der Waals surface area contributed by atoms with E-state index in [9.17, 15) is 13.2 Å². The summed E-state index contributed by atoms with van der Waals surface area (Å²) in [6.07, 6.45) is 0.594. The molecule has 0 amide bonds. The lowest BCUT2D eigenvalue weighted by molar-refractivity contribution is -0.113. The summed E-state index contributed by atoms with van der Waals surface area (Å²) in [6.45, 7) is 6.25. The highest BCUT2D eigenvalue weighted by molar-refractivity contribution is 9.10. The predicted molar refractivity (Wildman–Crippen MR) is 81.1 cm³/mol. The van der Waals surface area contributed by atoms with Crippen LogP contribution in [0, 0.1) is 0 Å². The Bertz CT molecular complexity index is 487. The first-order chi connectivity index (χ1) is 8.86. The summed E-state index contributed by atoms with van der Waals surface area (Å²) in [6, 6.07) is 3.08. The van der Waals surface area contributed by atoms with Gasteiger partial charge in [0.05, 0.1) is 5.41 Å². The first kappa shape index (κ1) is 17.3. The van der Waals surface area contributed by atoms with Crippen LogP contribution in [-0.2, 0) is 11.8 Å². The van der Waals surface area contributed by atoms with Crippen LogP contribution in [0.15, 0.2) is 16.6 Å². The van der Waals surface area contributed by atoms with Gasteiger partial charge in [0.15, 0.2) is 0 Å². The van der Waals surface area contributed by atoms with Gasteiger partial charge >= 0.3 is 0 Å². The van der Waals surface area contributed by atoms with E-state index >= 15 is 0 Å². The number of alkyl halides is 3. The van der Waals surface area contributed by atoms with E-state index in [2.05, 4.69) is 15.9 Å². The molecular formula is C15H21BrF3N. The van der Waals surface area contributed by atoms with Gasteiger partial charge in [-0.3, -0.25) is 0 Å². The molecule has 0 aliphatic carbocycles. The average Bonchev–Trinajstić information content (AvgIpc) is 2.28. The topological polar surface area (TPSA) is 26.0 Å². The zero-order chi connectivity index (χ0) is 15.9. The second-order valence-electron chi connectivity index (χ2n) is 5.87. The second-order valence-corrected chi connectivity index (χ2v) is 6.72. The molecule has 0 spiro atoms. The summed E-state index contributed by atoms with van der Waals surface area (Å²) in [5, 5.41) is 0. The number of halogens is 4. The molecule has 114 valence electrons. The summed E-state index contributed by atoms with van der Waals surface area (Å²) in [4.78, 5) is 0. The van der Waals surface area contributed by atoms with Gasteiger partial charge < -0.3 is 5.73 Å². The third-order valence-corrected chi connectivity index (χ3v) is 4.90. The number of hydrogen-bond donors (Lipinski definition) is 1. The van der Waals surface area contributed by atoms with E-state index in [1.54, 1.807) is 6.07 Å². The molecule has 0 aliphatic heterocycles. The fourth-order valence-electron chi connectivity index (χ4n) is 2.37. The van der Waals surface area contributed by atoms with Crippen molar-refractivity contribution < 1.29 is 13.2 Å². The van der Waals surface area contributed by atoms with Crippen molar-refractivity contribution in [1.29, 1.82) is 0 Å². The number of nitrogens with two attached hydrogens (primary N) is 1. The fourth-order valence-corrected chi connectivity index (χ4v) is 2.88. The highest BCUT2D eigenvalue weighted by Gasteiger charge is 2.57. The molecule has 2 N–H and O–H groups in total. The maximum Gasteiger partial charge on any atom is 0.257 e. The quantitative estimate of drug-likeness (QED) is 0.736. The van der Waals surface area contributed by atoms with Crippen LogP contribution >= 0.6 is 15.9 Å². The Labute approximate surface area is 126 Å². The SMILES string of the molecule is CCc1cc(C(C)(C(C)(C)F)C(C)(F)F)cc(Br)c1N. The Morgan fingerprint density at radius 3 is 1.95 bits per heavy atom. The maximum absolute atomic E-state index is 14.6. The van der Waals surface area contributed by atoms with Crippen molar-refractivity contribution in [2.45, 2.75) is 58.0 Å². The molecule has 0 fully saturated rings. The lowest BCUT2D eigenvalue weighted by atomic mass is 9.67. The number of hydrogen-bond acceptors (Lipinski definition) is 1. The lowest BCUT2D eigenvalue weighted by Crippen LogP contribution is -2.53. The lowest BCUT2D eigenvalue weighted by Gasteiger charge is -2.43. The molecule has 0 aliphatic rings. The molecule has 1 atom stereocenters. The van der Waals surface area contributed by atoms with Gasteiger partial charge in [-0.25, -0.2) is 13.2 Å². The summed E-state index contributed by atoms with van der Waals surface area (Å²) in [7, 11) is 0. The molecule has 1 aromatic rings. The minimum atomic E-state index is -3.22. The van der Waals surface area contributed by atoms with E-state index in [0.29, 0.717) is 16.6 Å². The molecule has 5 heteroatoms. The van der Waals surface area contributed by atoms with Crippen LogP contribution in [0.4, 0.5) is 18.9 Å². The monoisotopic (exact) mass is 351 g/mol. The van der Waals surface area contributed by atoms with E-state index in [4.69, 9.17) is 5.73 Å². The maximum atomic E-state index is 14.6. The molecule has 0 saturated carbocycles. The minimum Gasteiger partial charge on any atom is -0.398 e. The molecule has 0 radical (unpaired) electrons. The Hall–Kier alpha value is -0.710. The van der Waals surface area contributed by atoms with Crippen molar-refractivity contribution in [1.82, 2.24) is 0 Å². The summed E-state index contributed by atoms with van der Waals surface area (Å²) in [5.41, 5.74) is 3.34. The summed E-state index contributed by atoms with van der Waals surface area (Å²) in [5.74, 6) is -3.22. The van der Waals surface area contributed by atoms with E-state index in [-0.39, 0.29) is 5.56 Å². The van der Waals surface area contributed by atoms with Gasteiger partial charge in [-0.05, 0) is 60.3 Å². The number of nitrogen functional groups attached to an aromatic ring is 1. The zero-order valence-electron chi connectivity index (χ0n) is 12.5. The third kappa shape index (κ3) is 2.69. The highest BCUT2D eigenvalue weighted by atomic mass is 79.9. The van der Waals surface area contributed by atoms with Crippen molar-refractivity contribution in [3.63, 3.8) is 0 Å². The van der Waals surface area contributed by atoms with Crippen molar-refractivity contribution in [2.75, 3.05) is 5.73 Å². The van der Waals surface area contributed by atoms with Gasteiger partial charge in [0.2, 0.25) is 0 Å². The first-order valence-corrected chi connectivity index (χ1v) is 7.30. The zero-order valence-corrected chi connectivity index (χ0v) is 14.0. The minimum absolute atomic E-state index is 0.246. The third-order valence-electron chi connectivity index (χ3n) is 4.24. The number of rotatable bonds is 4. The van der Waals surface area contributed by atoms with Crippen molar-refractivity contribution in [3.05, 3.63) is 27.7 Å². The summed E-state index contributed by atoms with van der Waals surface area (Å²) < 4.78 is 43.3. The van der Waals surface area contributed by atoms with Gasteiger partial charge in [-0.1, -0.05) is 13.0 Å². The molecule has 0 aromatic heterocycles. The van der Waals surface area contributed by atoms with Gasteiger partial charge in [0, 0.05) is 17.1 Å². The van der Waals surface area contributed by atoms with Crippen molar-refractivity contribution in [2.24, 2.45) is 0 Å². The fraction of sp³-hybridized carbons (Fsp3) is 0.600. The van der Waals surface area contributed by atoms with Gasteiger partial charge in [-0.15, -0.1) is 0 Å². The van der Waals surface area contributed by atoms with Gasteiger partial charge in [-0.2, -0.15) is 0 Å². The van der Waals surface area contributed by atoms with Crippen LogP contribution < -0.4 is 5.73 Å². The Balaban J connectivity index is 3.65. The predicted octanol–water partition coefficient (Wildman–Crippen LogP) is 5.25. The molecule has 0 heterocycles. The molecule has 1 rings (SSSR count). The van der Waals surface area contributed by atoms with Gasteiger partial charge in [0.25, 0.3) is 5.92 Å². The van der Waals surface area contributed by atoms with Crippen LogP contribution in [0.25, 0.3) is 0 Å². The van der Waals surface area contributed by atoms with Crippen LogP contribution in [0.5, 0.6) is 0 Å². The van der Waals surface area contributed by atoms with Crippen LogP contribution in [0.1, 0.15) is 45.7 Å². The molecule has 0 bridgehead atoms. The number of aryl methyl sites for hydroxylation is 1. The van der Waals surface area contributed by atoms with E-state index in [1.165, 1.54) is 26.8 Å². The normalized spacial score (nSPS) is 16.1. The Kier molecular flexibility index (Phi) is 4.55.